The Kier molecular flexibility index (Phi) is 6.26. The highest BCUT2D eigenvalue weighted by atomic mass is 16.5. The lowest BCUT2D eigenvalue weighted by Gasteiger charge is -2.24. The molecule has 3 rings (SSSR count). The third kappa shape index (κ3) is 3.99. The van der Waals surface area contributed by atoms with Gasteiger partial charge in [-0.25, -0.2) is 0 Å². The van der Waals surface area contributed by atoms with Gasteiger partial charge in [-0.1, -0.05) is 18.2 Å². The molecule has 1 atom stereocenters. The van der Waals surface area contributed by atoms with Crippen molar-refractivity contribution in [3.63, 3.8) is 0 Å². The second-order valence-corrected chi connectivity index (χ2v) is 6.53. The first-order chi connectivity index (χ1) is 14.0. The van der Waals surface area contributed by atoms with Crippen LogP contribution < -0.4 is 24.8 Å². The number of rotatable bonds is 8. The summed E-state index contributed by atoms with van der Waals surface area (Å²) < 4.78 is 17.1. The van der Waals surface area contributed by atoms with E-state index in [2.05, 4.69) is 0 Å². The quantitative estimate of drug-likeness (QED) is 0.738. The molecule has 0 aliphatic carbocycles. The fraction of sp³-hybridized carbons (Fsp3) is 0.364. The molecule has 2 aromatic carbocycles. The Morgan fingerprint density at radius 1 is 1.00 bits per heavy atom. The van der Waals surface area contributed by atoms with Gasteiger partial charge in [0, 0.05) is 17.7 Å². The summed E-state index contributed by atoms with van der Waals surface area (Å²) in [6.45, 7) is 6.80. The average Bonchev–Trinajstić information content (AvgIpc) is 3.10. The van der Waals surface area contributed by atoms with E-state index in [1.165, 1.54) is 4.90 Å². The number of para-hydroxylation sites is 1. The molecule has 0 unspecified atom stereocenters. The minimum Gasteiger partial charge on any atom is -0.490 e. The van der Waals surface area contributed by atoms with Crippen LogP contribution >= 0.6 is 0 Å². The van der Waals surface area contributed by atoms with Gasteiger partial charge in [0.25, 0.3) is 5.91 Å². The van der Waals surface area contributed by atoms with Gasteiger partial charge < -0.3 is 19.9 Å². The summed E-state index contributed by atoms with van der Waals surface area (Å²) in [6, 6.07) is 9.93. The van der Waals surface area contributed by atoms with E-state index in [0.717, 1.165) is 5.56 Å². The van der Waals surface area contributed by atoms with Gasteiger partial charge in [-0.2, -0.15) is 0 Å². The Hall–Kier alpha value is -3.22. The maximum atomic E-state index is 13.5. The fourth-order valence-electron chi connectivity index (χ4n) is 3.52. The van der Waals surface area contributed by atoms with E-state index in [4.69, 9.17) is 19.9 Å². The molecule has 0 bridgehead atoms. The Morgan fingerprint density at radius 3 is 2.14 bits per heavy atom. The molecule has 2 amide bonds. The van der Waals surface area contributed by atoms with Crippen LogP contribution in [0.4, 0.5) is 5.69 Å². The van der Waals surface area contributed by atoms with Crippen LogP contribution in [-0.4, -0.2) is 37.7 Å². The minimum atomic E-state index is -0.738. The Labute approximate surface area is 170 Å². The Morgan fingerprint density at radius 2 is 1.59 bits per heavy atom. The number of ether oxygens (including phenoxy) is 3. The molecule has 7 heteroatoms. The molecule has 2 aromatic rings. The molecule has 1 aliphatic rings. The van der Waals surface area contributed by atoms with Gasteiger partial charge in [0.05, 0.1) is 19.8 Å². The number of benzene rings is 2. The molecular weight excluding hydrogens is 372 g/mol. The summed E-state index contributed by atoms with van der Waals surface area (Å²) in [7, 11) is 0. The predicted molar refractivity (Wildman–Crippen MR) is 110 cm³/mol. The largest absolute Gasteiger partial charge is 0.490 e. The minimum absolute atomic E-state index is 0.336. The van der Waals surface area contributed by atoms with Gasteiger partial charge in [0.15, 0.2) is 11.5 Å². The van der Waals surface area contributed by atoms with Crippen molar-refractivity contribution in [3.05, 3.63) is 47.5 Å². The zero-order valence-corrected chi connectivity index (χ0v) is 16.9. The Balaban J connectivity index is 2.09. The standard InChI is InChI=1S/C22H26N2O5/c1-4-27-18-12-15(13-19(28-5-2)20(18)29-6-3)22(26)24-16-10-8-7-9-14(16)11-17(24)21(23)25/h7-10,12-13,17H,4-6,11H2,1-3H3,(H2,23,25)/t17-/m0/s1. The predicted octanol–water partition coefficient (Wildman–Crippen LogP) is 2.94. The number of hydrogen-bond donors (Lipinski definition) is 1. The number of primary amides is 1. The summed E-state index contributed by atoms with van der Waals surface area (Å²) in [4.78, 5) is 27.0. The van der Waals surface area contributed by atoms with Crippen molar-refractivity contribution >= 4 is 17.5 Å². The molecule has 0 radical (unpaired) electrons. The second kappa shape index (κ2) is 8.86. The van der Waals surface area contributed by atoms with Gasteiger partial charge in [0.1, 0.15) is 6.04 Å². The molecule has 0 fully saturated rings. The highest BCUT2D eigenvalue weighted by molar-refractivity contribution is 6.12. The highest BCUT2D eigenvalue weighted by Crippen LogP contribution is 2.41. The van der Waals surface area contributed by atoms with Gasteiger partial charge in [-0.3, -0.25) is 14.5 Å². The third-order valence-corrected chi connectivity index (χ3v) is 4.68. The van der Waals surface area contributed by atoms with Crippen LogP contribution in [0.3, 0.4) is 0 Å². The van der Waals surface area contributed by atoms with E-state index in [-0.39, 0.29) is 5.91 Å². The second-order valence-electron chi connectivity index (χ2n) is 6.53. The average molecular weight is 398 g/mol. The van der Waals surface area contributed by atoms with Crippen molar-refractivity contribution in [2.45, 2.75) is 33.2 Å². The van der Waals surface area contributed by atoms with E-state index in [9.17, 15) is 9.59 Å². The van der Waals surface area contributed by atoms with Crippen molar-refractivity contribution in [1.82, 2.24) is 0 Å². The maximum Gasteiger partial charge on any atom is 0.259 e. The van der Waals surface area contributed by atoms with Crippen molar-refractivity contribution in [2.75, 3.05) is 24.7 Å². The zero-order valence-electron chi connectivity index (χ0n) is 16.9. The van der Waals surface area contributed by atoms with Crippen LogP contribution in [0, 0.1) is 0 Å². The topological polar surface area (TPSA) is 91.1 Å². The smallest absolute Gasteiger partial charge is 0.259 e. The van der Waals surface area contributed by atoms with E-state index >= 15 is 0 Å². The van der Waals surface area contributed by atoms with Gasteiger partial charge in [-0.15, -0.1) is 0 Å². The van der Waals surface area contributed by atoms with E-state index in [1.807, 2.05) is 45.0 Å². The number of amides is 2. The molecule has 0 spiro atoms. The van der Waals surface area contributed by atoms with Crippen LogP contribution in [0.25, 0.3) is 0 Å². The molecule has 154 valence electrons. The molecule has 1 aliphatic heterocycles. The number of nitrogens with zero attached hydrogens (tertiary/aromatic N) is 1. The van der Waals surface area contributed by atoms with Crippen molar-refractivity contribution in [3.8, 4) is 17.2 Å². The molecule has 7 nitrogen and oxygen atoms in total. The van der Waals surface area contributed by atoms with Gasteiger partial charge >= 0.3 is 0 Å². The summed E-state index contributed by atoms with van der Waals surface area (Å²) in [6.07, 6.45) is 0.394. The first kappa shape index (κ1) is 20.5. The summed E-state index contributed by atoms with van der Waals surface area (Å²) in [5.74, 6) is 0.416. The lowest BCUT2D eigenvalue weighted by molar-refractivity contribution is -0.119. The first-order valence-electron chi connectivity index (χ1n) is 9.78. The van der Waals surface area contributed by atoms with Crippen LogP contribution in [0.5, 0.6) is 17.2 Å². The van der Waals surface area contributed by atoms with Crippen LogP contribution in [0.15, 0.2) is 36.4 Å². The number of hydrogen-bond acceptors (Lipinski definition) is 5. The van der Waals surface area contributed by atoms with Crippen molar-refractivity contribution in [2.24, 2.45) is 5.73 Å². The summed E-state index contributed by atoms with van der Waals surface area (Å²) >= 11 is 0. The van der Waals surface area contributed by atoms with Crippen LogP contribution in [0.2, 0.25) is 0 Å². The van der Waals surface area contributed by atoms with Gasteiger partial charge in [-0.05, 0) is 44.5 Å². The number of carbonyl (C=O) groups is 2. The van der Waals surface area contributed by atoms with E-state index in [0.29, 0.717) is 54.7 Å². The molecule has 0 saturated heterocycles. The zero-order chi connectivity index (χ0) is 21.0. The van der Waals surface area contributed by atoms with E-state index in [1.54, 1.807) is 12.1 Å². The number of carbonyl (C=O) groups excluding carboxylic acids is 2. The first-order valence-corrected chi connectivity index (χ1v) is 9.78. The van der Waals surface area contributed by atoms with E-state index < -0.39 is 11.9 Å². The third-order valence-electron chi connectivity index (χ3n) is 4.68. The lowest BCUT2D eigenvalue weighted by atomic mass is 10.1. The molecular formula is C22H26N2O5. The lowest BCUT2D eigenvalue weighted by Crippen LogP contribution is -2.46. The number of fused-ring (bicyclic) bond motifs is 1. The molecule has 2 N–H and O–H groups in total. The normalized spacial score (nSPS) is 15.0. The number of nitrogens with two attached hydrogens (primary N) is 1. The van der Waals surface area contributed by atoms with Crippen molar-refractivity contribution in [1.29, 1.82) is 0 Å². The van der Waals surface area contributed by atoms with Gasteiger partial charge in [0.2, 0.25) is 11.7 Å². The SMILES string of the molecule is CCOc1cc(C(=O)N2c3ccccc3C[C@H]2C(N)=O)cc(OCC)c1OCC. The monoisotopic (exact) mass is 398 g/mol. The number of anilines is 1. The molecule has 0 saturated carbocycles. The maximum absolute atomic E-state index is 13.5. The van der Waals surface area contributed by atoms with Crippen molar-refractivity contribution < 1.29 is 23.8 Å². The molecule has 0 aromatic heterocycles. The molecule has 1 heterocycles. The highest BCUT2D eigenvalue weighted by Gasteiger charge is 2.38. The fourth-order valence-corrected chi connectivity index (χ4v) is 3.52. The van der Waals surface area contributed by atoms with Crippen LogP contribution in [-0.2, 0) is 11.2 Å². The summed E-state index contributed by atoms with van der Waals surface area (Å²) in [5.41, 5.74) is 7.53. The Bertz CT molecular complexity index is 885. The summed E-state index contributed by atoms with van der Waals surface area (Å²) in [5, 5.41) is 0. The van der Waals surface area contributed by atoms with Crippen LogP contribution in [0.1, 0.15) is 36.7 Å². The molecule has 29 heavy (non-hydrogen) atoms.